The molecule has 2 aromatic carbocycles. The van der Waals surface area contributed by atoms with E-state index < -0.39 is 17.8 Å². The summed E-state index contributed by atoms with van der Waals surface area (Å²) in [6.07, 6.45) is 0.510. The Hall–Kier alpha value is -2.93. The number of rotatable bonds is 5. The summed E-state index contributed by atoms with van der Waals surface area (Å²) in [5.41, 5.74) is 1.58. The van der Waals surface area contributed by atoms with E-state index in [1.165, 1.54) is 12.4 Å². The third-order valence-corrected chi connectivity index (χ3v) is 3.69. The van der Waals surface area contributed by atoms with E-state index in [4.69, 9.17) is 4.74 Å². The minimum atomic E-state index is -0.886. The number of aliphatic hydroxyl groups excluding tert-OH is 1. The zero-order valence-electron chi connectivity index (χ0n) is 12.9. The lowest BCUT2D eigenvalue weighted by atomic mass is 10.1. The molecule has 24 heavy (non-hydrogen) atoms. The van der Waals surface area contributed by atoms with Crippen LogP contribution in [0.4, 0.5) is 4.39 Å². The molecule has 3 rings (SSSR count). The van der Waals surface area contributed by atoms with Crippen molar-refractivity contribution < 1.29 is 19.0 Å². The van der Waals surface area contributed by atoms with Gasteiger partial charge in [0.1, 0.15) is 17.1 Å². The third-order valence-electron chi connectivity index (χ3n) is 3.69. The van der Waals surface area contributed by atoms with Gasteiger partial charge in [-0.3, -0.25) is 4.79 Å². The van der Waals surface area contributed by atoms with Gasteiger partial charge in [0.15, 0.2) is 0 Å². The lowest BCUT2D eigenvalue weighted by Gasteiger charge is -2.13. The van der Waals surface area contributed by atoms with Gasteiger partial charge < -0.3 is 20.1 Å². The lowest BCUT2D eigenvalue weighted by Crippen LogP contribution is -2.28. The van der Waals surface area contributed by atoms with Crippen molar-refractivity contribution in [2.24, 2.45) is 0 Å². The fraction of sp³-hybridized carbons (Fsp3) is 0.176. The highest BCUT2D eigenvalue weighted by atomic mass is 19.1. The van der Waals surface area contributed by atoms with Gasteiger partial charge in [0.25, 0.3) is 5.91 Å². The first-order chi connectivity index (χ1) is 11.6. The maximum atomic E-state index is 13.6. The molecule has 3 N–H and O–H groups in total. The Morgan fingerprint density at radius 2 is 2.12 bits per heavy atom. The molecule has 0 spiro atoms. The lowest BCUT2D eigenvalue weighted by molar-refractivity contribution is 0.0917. The van der Waals surface area contributed by atoms with E-state index in [1.807, 2.05) is 0 Å². The number of H-pyrrole nitrogens is 1. The Morgan fingerprint density at radius 1 is 1.38 bits per heavy atom. The van der Waals surface area contributed by atoms with Crippen LogP contribution in [-0.4, -0.2) is 34.6 Å². The summed E-state index contributed by atoms with van der Waals surface area (Å²) in [6, 6.07) is 9.26. The number of aromatic amines is 1. The van der Waals surface area contributed by atoms with Gasteiger partial charge in [-0.2, -0.15) is 0 Å². The molecule has 1 unspecified atom stereocenters. The molecular formula is C17H16FN3O3. The topological polar surface area (TPSA) is 87.2 Å². The molecule has 0 bridgehead atoms. The van der Waals surface area contributed by atoms with Crippen molar-refractivity contribution in [2.75, 3.05) is 13.7 Å². The van der Waals surface area contributed by atoms with E-state index in [-0.39, 0.29) is 12.1 Å². The molecule has 3 aromatic rings. The maximum Gasteiger partial charge on any atom is 0.253 e. The molecule has 0 radical (unpaired) electrons. The van der Waals surface area contributed by atoms with Crippen LogP contribution in [0.25, 0.3) is 11.0 Å². The molecule has 0 fully saturated rings. The molecular weight excluding hydrogens is 313 g/mol. The number of methoxy groups -OCH3 is 1. The van der Waals surface area contributed by atoms with E-state index in [9.17, 15) is 14.3 Å². The number of halogens is 1. The molecule has 6 nitrogen and oxygen atoms in total. The van der Waals surface area contributed by atoms with Crippen molar-refractivity contribution >= 4 is 16.9 Å². The van der Waals surface area contributed by atoms with Gasteiger partial charge in [-0.05, 0) is 29.8 Å². The van der Waals surface area contributed by atoms with E-state index in [1.54, 1.807) is 31.4 Å². The number of benzene rings is 2. The number of aliphatic hydroxyl groups is 1. The first-order valence-electron chi connectivity index (χ1n) is 7.31. The normalized spacial score (nSPS) is 12.1. The van der Waals surface area contributed by atoms with Gasteiger partial charge in [0.05, 0.1) is 30.6 Å². The zero-order chi connectivity index (χ0) is 17.1. The molecule has 0 saturated carbocycles. The Bertz CT molecular complexity index is 861. The van der Waals surface area contributed by atoms with E-state index in [2.05, 4.69) is 15.3 Å². The minimum absolute atomic E-state index is 0.00636. The van der Waals surface area contributed by atoms with Crippen LogP contribution in [0.15, 0.2) is 42.7 Å². The second kappa shape index (κ2) is 6.67. The van der Waals surface area contributed by atoms with Crippen molar-refractivity contribution in [3.8, 4) is 5.75 Å². The van der Waals surface area contributed by atoms with E-state index in [0.717, 1.165) is 6.07 Å². The molecule has 0 aliphatic carbocycles. The van der Waals surface area contributed by atoms with Gasteiger partial charge in [-0.1, -0.05) is 12.1 Å². The van der Waals surface area contributed by atoms with Crippen molar-refractivity contribution in [1.29, 1.82) is 0 Å². The molecule has 1 heterocycles. The summed E-state index contributed by atoms with van der Waals surface area (Å²) >= 11 is 0. The highest BCUT2D eigenvalue weighted by Gasteiger charge is 2.16. The maximum absolute atomic E-state index is 13.6. The van der Waals surface area contributed by atoms with Crippen LogP contribution >= 0.6 is 0 Å². The summed E-state index contributed by atoms with van der Waals surface area (Å²) in [4.78, 5) is 19.1. The second-order valence-electron chi connectivity index (χ2n) is 5.25. The average molecular weight is 329 g/mol. The summed E-state index contributed by atoms with van der Waals surface area (Å²) in [5, 5.41) is 12.8. The number of hydrogen-bond acceptors (Lipinski definition) is 4. The van der Waals surface area contributed by atoms with Crippen LogP contribution in [-0.2, 0) is 0 Å². The number of aromatic nitrogens is 2. The number of fused-ring (bicyclic) bond motifs is 1. The number of hydrogen-bond donors (Lipinski definition) is 3. The minimum Gasteiger partial charge on any atom is -0.497 e. The number of nitrogens with one attached hydrogen (secondary N) is 2. The smallest absolute Gasteiger partial charge is 0.253 e. The highest BCUT2D eigenvalue weighted by molar-refractivity contribution is 6.04. The number of imidazole rings is 1. The molecule has 0 aliphatic rings. The fourth-order valence-electron chi connectivity index (χ4n) is 2.42. The Morgan fingerprint density at radius 3 is 2.83 bits per heavy atom. The van der Waals surface area contributed by atoms with Crippen LogP contribution in [0.2, 0.25) is 0 Å². The molecule has 1 atom stereocenters. The fourth-order valence-corrected chi connectivity index (χ4v) is 2.42. The van der Waals surface area contributed by atoms with Gasteiger partial charge in [0.2, 0.25) is 0 Å². The predicted octanol–water partition coefficient (Wildman–Crippen LogP) is 2.17. The van der Waals surface area contributed by atoms with E-state index in [0.29, 0.717) is 22.3 Å². The molecule has 0 aliphatic heterocycles. The standard InChI is InChI=1S/C17H16FN3O3/c1-24-12-4-2-10(3-5-12)15(22)8-19-17(23)13-6-11(18)7-14-16(13)21-9-20-14/h2-7,9,15,22H,8H2,1H3,(H,19,23)(H,20,21). The highest BCUT2D eigenvalue weighted by Crippen LogP contribution is 2.19. The Labute approximate surface area is 137 Å². The first-order valence-corrected chi connectivity index (χ1v) is 7.31. The first kappa shape index (κ1) is 15.9. The molecule has 0 saturated heterocycles. The van der Waals surface area contributed by atoms with Crippen LogP contribution in [0, 0.1) is 5.82 Å². The number of carbonyl (C=O) groups excluding carboxylic acids is 1. The summed E-state index contributed by atoms with van der Waals surface area (Å²) in [7, 11) is 1.56. The van der Waals surface area contributed by atoms with Crippen LogP contribution in [0.5, 0.6) is 5.75 Å². The summed E-state index contributed by atoms with van der Waals surface area (Å²) < 4.78 is 18.6. The quantitative estimate of drug-likeness (QED) is 0.669. The van der Waals surface area contributed by atoms with Crippen molar-refractivity contribution in [3.05, 3.63) is 59.7 Å². The predicted molar refractivity (Wildman–Crippen MR) is 86.3 cm³/mol. The molecule has 1 aromatic heterocycles. The third kappa shape index (κ3) is 3.21. The molecule has 7 heteroatoms. The van der Waals surface area contributed by atoms with Gasteiger partial charge in [-0.15, -0.1) is 0 Å². The molecule has 1 amide bonds. The zero-order valence-corrected chi connectivity index (χ0v) is 12.9. The van der Waals surface area contributed by atoms with Crippen LogP contribution in [0.1, 0.15) is 22.0 Å². The largest absolute Gasteiger partial charge is 0.497 e. The summed E-state index contributed by atoms with van der Waals surface area (Å²) in [5.74, 6) is -0.359. The van der Waals surface area contributed by atoms with Crippen LogP contribution < -0.4 is 10.1 Å². The number of amides is 1. The van der Waals surface area contributed by atoms with Gasteiger partial charge in [-0.25, -0.2) is 9.37 Å². The number of nitrogens with zero attached hydrogens (tertiary/aromatic N) is 1. The number of ether oxygens (including phenoxy) is 1. The van der Waals surface area contributed by atoms with E-state index >= 15 is 0 Å². The van der Waals surface area contributed by atoms with Crippen molar-refractivity contribution in [2.45, 2.75) is 6.10 Å². The van der Waals surface area contributed by atoms with Crippen molar-refractivity contribution in [1.82, 2.24) is 15.3 Å². The molecule has 124 valence electrons. The monoisotopic (exact) mass is 329 g/mol. The number of carbonyl (C=O) groups is 1. The average Bonchev–Trinajstić information content (AvgIpc) is 3.06. The second-order valence-corrected chi connectivity index (χ2v) is 5.25. The Kier molecular flexibility index (Phi) is 4.43. The Balaban J connectivity index is 1.71. The van der Waals surface area contributed by atoms with Gasteiger partial charge >= 0.3 is 0 Å². The summed E-state index contributed by atoms with van der Waals surface area (Å²) in [6.45, 7) is -0.00636. The SMILES string of the molecule is COc1ccc(C(O)CNC(=O)c2cc(F)cc3[nH]cnc23)cc1. The van der Waals surface area contributed by atoms with Crippen LogP contribution in [0.3, 0.4) is 0 Å². The van der Waals surface area contributed by atoms with Crippen molar-refractivity contribution in [3.63, 3.8) is 0 Å². The van der Waals surface area contributed by atoms with Gasteiger partial charge in [0, 0.05) is 6.54 Å².